The number of ether oxygens (including phenoxy) is 1. The number of hydrogen-bond donors (Lipinski definition) is 0. The number of nitrogens with zero attached hydrogens (tertiary/aromatic N) is 3. The number of carbonyl (C=O) groups excluding carboxylic acids is 2. The highest BCUT2D eigenvalue weighted by Gasteiger charge is 2.26. The number of aryl methyl sites for hydroxylation is 1. The van der Waals surface area contributed by atoms with E-state index in [4.69, 9.17) is 4.74 Å². The summed E-state index contributed by atoms with van der Waals surface area (Å²) >= 11 is 0. The molecular weight excluding hydrogens is 282 g/mol. The molecule has 1 saturated heterocycles. The first kappa shape index (κ1) is 16.3. The van der Waals surface area contributed by atoms with Crippen LogP contribution in [-0.4, -0.2) is 59.6 Å². The second kappa shape index (κ2) is 7.24. The smallest absolute Gasteiger partial charge is 0.409 e. The maximum Gasteiger partial charge on any atom is 0.409 e. The van der Waals surface area contributed by atoms with Crippen LogP contribution in [0.5, 0.6) is 0 Å². The Balaban J connectivity index is 1.86. The molecule has 6 nitrogen and oxygen atoms in total. The van der Waals surface area contributed by atoms with Crippen molar-refractivity contribution in [2.45, 2.75) is 20.8 Å². The standard InChI is InChI=1S/C16H23N3O3/c1-12(2)11-22-16(21)19-9-7-18(8-10-19)15(20)14-6-4-5-13(3)17-14/h4-6,12H,7-11H2,1-3H3. The van der Waals surface area contributed by atoms with Crippen LogP contribution in [0.2, 0.25) is 0 Å². The van der Waals surface area contributed by atoms with Crippen molar-refractivity contribution in [3.05, 3.63) is 29.6 Å². The van der Waals surface area contributed by atoms with E-state index in [-0.39, 0.29) is 12.0 Å². The van der Waals surface area contributed by atoms with E-state index in [0.29, 0.717) is 44.4 Å². The maximum atomic E-state index is 12.4. The number of hydrogen-bond acceptors (Lipinski definition) is 4. The van der Waals surface area contributed by atoms with Crippen LogP contribution in [0.1, 0.15) is 30.0 Å². The minimum absolute atomic E-state index is 0.0844. The van der Waals surface area contributed by atoms with Gasteiger partial charge in [-0.2, -0.15) is 0 Å². The predicted molar refractivity (Wildman–Crippen MR) is 82.6 cm³/mol. The normalized spacial score (nSPS) is 15.1. The van der Waals surface area contributed by atoms with Crippen LogP contribution in [0.3, 0.4) is 0 Å². The van der Waals surface area contributed by atoms with Gasteiger partial charge in [-0.25, -0.2) is 9.78 Å². The molecule has 2 amide bonds. The van der Waals surface area contributed by atoms with Crippen molar-refractivity contribution in [3.8, 4) is 0 Å². The lowest BCUT2D eigenvalue weighted by molar-refractivity contribution is 0.0531. The third-order valence-electron chi connectivity index (χ3n) is 3.47. The Morgan fingerprint density at radius 1 is 1.18 bits per heavy atom. The van der Waals surface area contributed by atoms with Crippen molar-refractivity contribution >= 4 is 12.0 Å². The summed E-state index contributed by atoms with van der Waals surface area (Å²) in [6, 6.07) is 5.41. The molecule has 0 N–H and O–H groups in total. The van der Waals surface area contributed by atoms with Crippen molar-refractivity contribution in [1.29, 1.82) is 0 Å². The minimum atomic E-state index is -0.297. The molecule has 0 radical (unpaired) electrons. The highest BCUT2D eigenvalue weighted by molar-refractivity contribution is 5.92. The summed E-state index contributed by atoms with van der Waals surface area (Å²) in [5.74, 6) is 0.234. The van der Waals surface area contributed by atoms with Gasteiger partial charge in [-0.15, -0.1) is 0 Å². The summed E-state index contributed by atoms with van der Waals surface area (Å²) in [4.78, 5) is 31.9. The zero-order valence-electron chi connectivity index (χ0n) is 13.4. The van der Waals surface area contributed by atoms with E-state index in [9.17, 15) is 9.59 Å². The second-order valence-electron chi connectivity index (χ2n) is 5.91. The summed E-state index contributed by atoms with van der Waals surface area (Å²) in [6.07, 6.45) is -0.297. The van der Waals surface area contributed by atoms with Crippen molar-refractivity contribution < 1.29 is 14.3 Å². The number of carbonyl (C=O) groups is 2. The van der Waals surface area contributed by atoms with Gasteiger partial charge in [0, 0.05) is 31.9 Å². The summed E-state index contributed by atoms with van der Waals surface area (Å²) in [5, 5.41) is 0. The fourth-order valence-corrected chi connectivity index (χ4v) is 2.25. The second-order valence-corrected chi connectivity index (χ2v) is 5.91. The Labute approximate surface area is 131 Å². The zero-order valence-corrected chi connectivity index (χ0v) is 13.4. The Hall–Kier alpha value is -2.11. The summed E-state index contributed by atoms with van der Waals surface area (Å²) in [5.41, 5.74) is 1.28. The van der Waals surface area contributed by atoms with Crippen molar-refractivity contribution in [2.75, 3.05) is 32.8 Å². The maximum absolute atomic E-state index is 12.4. The molecule has 0 saturated carbocycles. The summed E-state index contributed by atoms with van der Waals surface area (Å²) in [6.45, 7) is 8.28. The van der Waals surface area contributed by atoms with Gasteiger partial charge in [0.15, 0.2) is 0 Å². The quantitative estimate of drug-likeness (QED) is 0.856. The van der Waals surface area contributed by atoms with Crippen LogP contribution in [0.15, 0.2) is 18.2 Å². The Morgan fingerprint density at radius 3 is 2.41 bits per heavy atom. The molecule has 2 heterocycles. The molecule has 2 rings (SSSR count). The van der Waals surface area contributed by atoms with E-state index < -0.39 is 0 Å². The average Bonchev–Trinajstić information content (AvgIpc) is 2.52. The molecule has 0 bridgehead atoms. The van der Waals surface area contributed by atoms with Crippen LogP contribution in [0.25, 0.3) is 0 Å². The van der Waals surface area contributed by atoms with Crippen LogP contribution in [0.4, 0.5) is 4.79 Å². The first-order valence-electron chi connectivity index (χ1n) is 7.62. The van der Waals surface area contributed by atoms with Gasteiger partial charge in [0.05, 0.1) is 6.61 Å². The molecule has 1 fully saturated rings. The molecule has 22 heavy (non-hydrogen) atoms. The van der Waals surface area contributed by atoms with E-state index in [2.05, 4.69) is 4.98 Å². The fourth-order valence-electron chi connectivity index (χ4n) is 2.25. The molecule has 1 aromatic rings. The van der Waals surface area contributed by atoms with Gasteiger partial charge >= 0.3 is 6.09 Å². The van der Waals surface area contributed by atoms with Crippen LogP contribution in [-0.2, 0) is 4.74 Å². The van der Waals surface area contributed by atoms with Crippen LogP contribution >= 0.6 is 0 Å². The third kappa shape index (κ3) is 4.19. The lowest BCUT2D eigenvalue weighted by Crippen LogP contribution is -2.51. The molecular formula is C16H23N3O3. The van der Waals surface area contributed by atoms with E-state index in [1.165, 1.54) is 0 Å². The Morgan fingerprint density at radius 2 is 1.82 bits per heavy atom. The first-order valence-corrected chi connectivity index (χ1v) is 7.62. The number of piperazine rings is 1. The Bertz CT molecular complexity index is 537. The van der Waals surface area contributed by atoms with Crippen LogP contribution in [0, 0.1) is 12.8 Å². The van der Waals surface area contributed by atoms with Gasteiger partial charge in [-0.05, 0) is 25.0 Å². The topological polar surface area (TPSA) is 62.7 Å². The number of amides is 2. The molecule has 1 aliphatic rings. The van der Waals surface area contributed by atoms with Crippen molar-refractivity contribution in [3.63, 3.8) is 0 Å². The molecule has 0 aromatic carbocycles. The predicted octanol–water partition coefficient (Wildman–Crippen LogP) is 1.94. The molecule has 0 atom stereocenters. The van der Waals surface area contributed by atoms with E-state index in [0.717, 1.165) is 5.69 Å². The van der Waals surface area contributed by atoms with E-state index in [1.807, 2.05) is 32.9 Å². The monoisotopic (exact) mass is 305 g/mol. The minimum Gasteiger partial charge on any atom is -0.449 e. The van der Waals surface area contributed by atoms with E-state index in [1.54, 1.807) is 15.9 Å². The number of rotatable bonds is 3. The van der Waals surface area contributed by atoms with Gasteiger partial charge < -0.3 is 14.5 Å². The highest BCUT2D eigenvalue weighted by Crippen LogP contribution is 2.09. The van der Waals surface area contributed by atoms with Gasteiger partial charge in [-0.1, -0.05) is 19.9 Å². The van der Waals surface area contributed by atoms with Crippen LogP contribution < -0.4 is 0 Å². The van der Waals surface area contributed by atoms with Gasteiger partial charge in [0.2, 0.25) is 0 Å². The van der Waals surface area contributed by atoms with Gasteiger partial charge in [0.1, 0.15) is 5.69 Å². The molecule has 0 aliphatic carbocycles. The lowest BCUT2D eigenvalue weighted by atomic mass is 10.2. The molecule has 120 valence electrons. The third-order valence-corrected chi connectivity index (χ3v) is 3.47. The SMILES string of the molecule is Cc1cccc(C(=O)N2CCN(C(=O)OCC(C)C)CC2)n1. The van der Waals surface area contributed by atoms with Gasteiger partial charge in [0.25, 0.3) is 5.91 Å². The molecule has 6 heteroatoms. The number of pyridine rings is 1. The largest absolute Gasteiger partial charge is 0.449 e. The lowest BCUT2D eigenvalue weighted by Gasteiger charge is -2.34. The summed E-state index contributed by atoms with van der Waals surface area (Å²) in [7, 11) is 0. The van der Waals surface area contributed by atoms with Crippen molar-refractivity contribution in [1.82, 2.24) is 14.8 Å². The molecule has 1 aromatic heterocycles. The molecule has 1 aliphatic heterocycles. The van der Waals surface area contributed by atoms with E-state index >= 15 is 0 Å². The summed E-state index contributed by atoms with van der Waals surface area (Å²) < 4.78 is 5.21. The molecule has 0 spiro atoms. The fraction of sp³-hybridized carbons (Fsp3) is 0.562. The average molecular weight is 305 g/mol. The number of aromatic nitrogens is 1. The molecule has 0 unspecified atom stereocenters. The Kier molecular flexibility index (Phi) is 5.35. The first-order chi connectivity index (χ1) is 10.5. The highest BCUT2D eigenvalue weighted by atomic mass is 16.6. The zero-order chi connectivity index (χ0) is 16.1. The van der Waals surface area contributed by atoms with Crippen molar-refractivity contribution in [2.24, 2.45) is 5.92 Å². The van der Waals surface area contributed by atoms with Gasteiger partial charge in [-0.3, -0.25) is 4.79 Å².